The van der Waals surface area contributed by atoms with Gasteiger partial charge in [-0.3, -0.25) is 14.5 Å². The van der Waals surface area contributed by atoms with Crippen LogP contribution in [0.15, 0.2) is 47.4 Å². The second kappa shape index (κ2) is 7.64. The summed E-state index contributed by atoms with van der Waals surface area (Å²) in [5, 5.41) is 2.86. The third-order valence-corrected chi connectivity index (χ3v) is 5.15. The molecule has 1 N–H and O–H groups in total. The van der Waals surface area contributed by atoms with Crippen molar-refractivity contribution in [3.05, 3.63) is 48.0 Å². The highest BCUT2D eigenvalue weighted by Gasteiger charge is 2.28. The van der Waals surface area contributed by atoms with Crippen LogP contribution in [0.5, 0.6) is 5.75 Å². The van der Waals surface area contributed by atoms with Crippen LogP contribution in [0, 0.1) is 0 Å². The van der Waals surface area contributed by atoms with Gasteiger partial charge >= 0.3 is 0 Å². The highest BCUT2D eigenvalue weighted by molar-refractivity contribution is 7.98. The van der Waals surface area contributed by atoms with Gasteiger partial charge < -0.3 is 10.1 Å². The van der Waals surface area contributed by atoms with Crippen LogP contribution in [0.1, 0.15) is 26.3 Å². The second-order valence-corrected chi connectivity index (χ2v) is 8.36. The summed E-state index contributed by atoms with van der Waals surface area (Å²) in [5.74, 6) is 0.174. The monoisotopic (exact) mass is 384 g/mol. The molecule has 1 heterocycles. The molecule has 0 spiro atoms. The molecule has 0 fully saturated rings. The van der Waals surface area contributed by atoms with E-state index in [1.54, 1.807) is 11.8 Å². The first-order valence-electron chi connectivity index (χ1n) is 8.79. The molecule has 0 saturated heterocycles. The van der Waals surface area contributed by atoms with Gasteiger partial charge in [-0.15, -0.1) is 11.8 Å². The van der Waals surface area contributed by atoms with Crippen molar-refractivity contribution in [3.63, 3.8) is 0 Å². The van der Waals surface area contributed by atoms with E-state index in [2.05, 4.69) is 26.1 Å². The molecular weight excluding hydrogens is 360 g/mol. The van der Waals surface area contributed by atoms with Crippen molar-refractivity contribution in [2.75, 3.05) is 29.6 Å². The number of rotatable bonds is 4. The Morgan fingerprint density at radius 3 is 2.70 bits per heavy atom. The van der Waals surface area contributed by atoms with Gasteiger partial charge in [0.2, 0.25) is 5.91 Å². The van der Waals surface area contributed by atoms with E-state index in [1.165, 1.54) is 4.90 Å². The molecule has 2 aromatic carbocycles. The van der Waals surface area contributed by atoms with E-state index in [1.807, 2.05) is 48.7 Å². The maximum absolute atomic E-state index is 12.5. The minimum absolute atomic E-state index is 0.0235. The number of thioether (sulfide) groups is 1. The molecule has 6 heteroatoms. The molecule has 0 bridgehead atoms. The number of fused-ring (bicyclic) bond motifs is 1. The Bertz CT molecular complexity index is 874. The molecule has 0 unspecified atom stereocenters. The number of nitrogens with one attached hydrogen (secondary N) is 1. The van der Waals surface area contributed by atoms with Crippen LogP contribution >= 0.6 is 11.8 Å². The number of amides is 2. The minimum atomic E-state index is -0.241. The summed E-state index contributed by atoms with van der Waals surface area (Å²) < 4.78 is 5.61. The standard InChI is InChI=1S/C21H24N2O3S/c1-21(2,3)14-8-9-17-18(10-14)26-13-20(25)23(17)12-19(24)22-15-6-5-7-16(11-15)27-4/h5-11H,12-13H2,1-4H3,(H,22,24). The summed E-state index contributed by atoms with van der Waals surface area (Å²) in [7, 11) is 0. The third-order valence-electron chi connectivity index (χ3n) is 4.42. The van der Waals surface area contributed by atoms with Crippen LogP contribution in [-0.2, 0) is 15.0 Å². The lowest BCUT2D eigenvalue weighted by molar-refractivity contribution is -0.123. The maximum Gasteiger partial charge on any atom is 0.265 e. The lowest BCUT2D eigenvalue weighted by atomic mass is 9.86. The SMILES string of the molecule is CSc1cccc(NC(=O)CN2C(=O)COc3cc(C(C)(C)C)ccc32)c1. The Labute approximate surface area is 164 Å². The van der Waals surface area contributed by atoms with Gasteiger partial charge in [0, 0.05) is 10.6 Å². The average molecular weight is 385 g/mol. The van der Waals surface area contributed by atoms with Crippen LogP contribution in [-0.4, -0.2) is 31.2 Å². The third kappa shape index (κ3) is 4.45. The van der Waals surface area contributed by atoms with Gasteiger partial charge in [0.15, 0.2) is 6.61 Å². The highest BCUT2D eigenvalue weighted by atomic mass is 32.2. The van der Waals surface area contributed by atoms with Crippen LogP contribution in [0.2, 0.25) is 0 Å². The summed E-state index contributed by atoms with van der Waals surface area (Å²) >= 11 is 1.61. The molecule has 2 aromatic rings. The van der Waals surface area contributed by atoms with E-state index < -0.39 is 0 Å². The number of hydrogen-bond donors (Lipinski definition) is 1. The topological polar surface area (TPSA) is 58.6 Å². The lowest BCUT2D eigenvalue weighted by Crippen LogP contribution is -2.43. The second-order valence-electron chi connectivity index (χ2n) is 7.48. The Morgan fingerprint density at radius 2 is 2.00 bits per heavy atom. The van der Waals surface area contributed by atoms with E-state index in [9.17, 15) is 9.59 Å². The molecule has 0 saturated carbocycles. The number of ether oxygens (including phenoxy) is 1. The molecule has 0 atom stereocenters. The predicted octanol–water partition coefficient (Wildman–Crippen LogP) is 4.07. The molecule has 0 aliphatic carbocycles. The van der Waals surface area contributed by atoms with Gasteiger partial charge in [0.25, 0.3) is 5.91 Å². The van der Waals surface area contributed by atoms with Gasteiger partial charge in [-0.05, 0) is 47.6 Å². The number of nitrogens with zero attached hydrogens (tertiary/aromatic N) is 1. The van der Waals surface area contributed by atoms with Gasteiger partial charge in [-0.25, -0.2) is 0 Å². The van der Waals surface area contributed by atoms with Crippen LogP contribution in [0.25, 0.3) is 0 Å². The van der Waals surface area contributed by atoms with E-state index >= 15 is 0 Å². The van der Waals surface area contributed by atoms with Crippen molar-refractivity contribution >= 4 is 35.0 Å². The summed E-state index contributed by atoms with van der Waals surface area (Å²) in [6.07, 6.45) is 1.98. The minimum Gasteiger partial charge on any atom is -0.482 e. The van der Waals surface area contributed by atoms with Crippen LogP contribution in [0.4, 0.5) is 11.4 Å². The Balaban J connectivity index is 1.78. The van der Waals surface area contributed by atoms with E-state index in [4.69, 9.17) is 4.74 Å². The van der Waals surface area contributed by atoms with Gasteiger partial charge in [0.1, 0.15) is 12.3 Å². The number of carbonyl (C=O) groups excluding carboxylic acids is 2. The van der Waals surface area contributed by atoms with Crippen LogP contribution < -0.4 is 15.0 Å². The van der Waals surface area contributed by atoms with Crippen molar-refractivity contribution in [2.24, 2.45) is 0 Å². The largest absolute Gasteiger partial charge is 0.482 e. The molecule has 0 aromatic heterocycles. The average Bonchev–Trinajstić information content (AvgIpc) is 2.63. The van der Waals surface area contributed by atoms with E-state index in [-0.39, 0.29) is 30.4 Å². The van der Waals surface area contributed by atoms with Crippen molar-refractivity contribution in [2.45, 2.75) is 31.1 Å². The first kappa shape index (κ1) is 19.3. The highest BCUT2D eigenvalue weighted by Crippen LogP contribution is 2.36. The number of anilines is 2. The maximum atomic E-state index is 12.5. The quantitative estimate of drug-likeness (QED) is 0.808. The molecular formula is C21H24N2O3S. The molecule has 27 heavy (non-hydrogen) atoms. The summed E-state index contributed by atoms with van der Waals surface area (Å²) in [6.45, 7) is 6.26. The first-order valence-corrected chi connectivity index (χ1v) is 10.0. The Kier molecular flexibility index (Phi) is 5.46. The molecule has 142 valence electrons. The predicted molar refractivity (Wildman–Crippen MR) is 110 cm³/mol. The number of carbonyl (C=O) groups is 2. The number of benzene rings is 2. The zero-order valence-electron chi connectivity index (χ0n) is 16.0. The molecule has 1 aliphatic rings. The fourth-order valence-electron chi connectivity index (χ4n) is 2.89. The summed E-state index contributed by atoms with van der Waals surface area (Å²) in [6, 6.07) is 13.4. The fraction of sp³-hybridized carbons (Fsp3) is 0.333. The van der Waals surface area contributed by atoms with Gasteiger partial charge in [-0.2, -0.15) is 0 Å². The van der Waals surface area contributed by atoms with E-state index in [0.29, 0.717) is 11.4 Å². The van der Waals surface area contributed by atoms with Gasteiger partial charge in [0.05, 0.1) is 5.69 Å². The zero-order chi connectivity index (χ0) is 19.6. The smallest absolute Gasteiger partial charge is 0.265 e. The van der Waals surface area contributed by atoms with Gasteiger partial charge in [-0.1, -0.05) is 32.9 Å². The van der Waals surface area contributed by atoms with Crippen molar-refractivity contribution in [1.82, 2.24) is 0 Å². The molecule has 0 radical (unpaired) electrons. The summed E-state index contributed by atoms with van der Waals surface area (Å²) in [4.78, 5) is 27.4. The first-order chi connectivity index (χ1) is 12.8. The Morgan fingerprint density at radius 1 is 1.22 bits per heavy atom. The Hall–Kier alpha value is -2.47. The van der Waals surface area contributed by atoms with Crippen LogP contribution in [0.3, 0.4) is 0 Å². The molecule has 3 rings (SSSR count). The van der Waals surface area contributed by atoms with E-state index in [0.717, 1.165) is 16.1 Å². The number of hydrogen-bond acceptors (Lipinski definition) is 4. The molecule has 2 amide bonds. The summed E-state index contributed by atoms with van der Waals surface area (Å²) in [5.41, 5.74) is 2.45. The van der Waals surface area contributed by atoms with Crippen molar-refractivity contribution < 1.29 is 14.3 Å². The van der Waals surface area contributed by atoms with Crippen molar-refractivity contribution in [1.29, 1.82) is 0 Å². The molecule has 1 aliphatic heterocycles. The lowest BCUT2D eigenvalue weighted by Gasteiger charge is -2.30. The normalized spacial score (nSPS) is 13.8. The molecule has 5 nitrogen and oxygen atoms in total. The van der Waals surface area contributed by atoms with Crippen molar-refractivity contribution in [3.8, 4) is 5.75 Å². The zero-order valence-corrected chi connectivity index (χ0v) is 16.9. The fourth-order valence-corrected chi connectivity index (χ4v) is 3.35.